The number of hydrogen-bond donors (Lipinski definition) is 3. The van der Waals surface area contributed by atoms with Crippen molar-refractivity contribution in [3.63, 3.8) is 0 Å². The Labute approximate surface area is 386 Å². The number of aliphatic hydroxyl groups is 2. The van der Waals surface area contributed by atoms with Crippen molar-refractivity contribution in [3.8, 4) is 0 Å². The van der Waals surface area contributed by atoms with Crippen LogP contribution in [0, 0.1) is 0 Å². The first-order chi connectivity index (χ1) is 30.5. The summed E-state index contributed by atoms with van der Waals surface area (Å²) in [5.41, 5.74) is 0. The summed E-state index contributed by atoms with van der Waals surface area (Å²) in [7, 11) is 0. The molecule has 6 nitrogen and oxygen atoms in total. The van der Waals surface area contributed by atoms with Crippen LogP contribution in [0.1, 0.15) is 296 Å². The molecule has 0 saturated heterocycles. The molecule has 1 amide bonds. The monoisotopic (exact) mass is 874 g/mol. The van der Waals surface area contributed by atoms with E-state index < -0.39 is 12.1 Å². The van der Waals surface area contributed by atoms with E-state index in [9.17, 15) is 19.8 Å². The van der Waals surface area contributed by atoms with Gasteiger partial charge in [-0.2, -0.15) is 0 Å². The van der Waals surface area contributed by atoms with E-state index in [0.29, 0.717) is 25.9 Å². The molecule has 366 valence electrons. The van der Waals surface area contributed by atoms with Crippen molar-refractivity contribution < 1.29 is 24.5 Å². The van der Waals surface area contributed by atoms with Gasteiger partial charge in [0.1, 0.15) is 0 Å². The Morgan fingerprint density at radius 2 is 0.806 bits per heavy atom. The minimum absolute atomic E-state index is 0.00858. The topological polar surface area (TPSA) is 95.9 Å². The van der Waals surface area contributed by atoms with E-state index in [0.717, 1.165) is 51.4 Å². The number of ether oxygens (including phenoxy) is 1. The molecule has 0 fully saturated rings. The number of aliphatic hydroxyl groups excluding tert-OH is 2. The summed E-state index contributed by atoms with van der Waals surface area (Å²) in [5.74, 6) is -0.0490. The van der Waals surface area contributed by atoms with Gasteiger partial charge in [0.2, 0.25) is 5.91 Å². The molecule has 0 aromatic carbocycles. The predicted octanol–water partition coefficient (Wildman–Crippen LogP) is 16.7. The smallest absolute Gasteiger partial charge is 0.305 e. The van der Waals surface area contributed by atoms with E-state index in [2.05, 4.69) is 43.5 Å². The highest BCUT2D eigenvalue weighted by atomic mass is 16.5. The van der Waals surface area contributed by atoms with Gasteiger partial charge in [0, 0.05) is 12.8 Å². The fraction of sp³-hybridized carbons (Fsp3) is 0.893. The predicted molar refractivity (Wildman–Crippen MR) is 269 cm³/mol. The molecule has 0 spiro atoms. The highest BCUT2D eigenvalue weighted by Crippen LogP contribution is 2.17. The van der Waals surface area contributed by atoms with Crippen LogP contribution < -0.4 is 5.32 Å². The molecule has 0 aliphatic heterocycles. The maximum atomic E-state index is 12.4. The van der Waals surface area contributed by atoms with Crippen LogP contribution >= 0.6 is 0 Å². The molecule has 0 aliphatic carbocycles. The van der Waals surface area contributed by atoms with Crippen molar-refractivity contribution in [2.24, 2.45) is 0 Å². The fourth-order valence-corrected chi connectivity index (χ4v) is 8.49. The van der Waals surface area contributed by atoms with Crippen LogP contribution in [0.5, 0.6) is 0 Å². The number of hydrogen-bond acceptors (Lipinski definition) is 5. The quantitative estimate of drug-likeness (QED) is 0.0321. The van der Waals surface area contributed by atoms with Crippen LogP contribution in [0.15, 0.2) is 24.3 Å². The second-order valence-electron chi connectivity index (χ2n) is 18.9. The molecular weight excluding hydrogens is 767 g/mol. The summed E-state index contributed by atoms with van der Waals surface area (Å²) in [5, 5.41) is 23.2. The Balaban J connectivity index is 3.41. The van der Waals surface area contributed by atoms with Gasteiger partial charge < -0.3 is 20.3 Å². The molecule has 0 heterocycles. The molecule has 62 heavy (non-hydrogen) atoms. The summed E-state index contributed by atoms with van der Waals surface area (Å²) < 4.78 is 5.47. The van der Waals surface area contributed by atoms with Crippen LogP contribution in [0.2, 0.25) is 0 Å². The van der Waals surface area contributed by atoms with Gasteiger partial charge in [-0.1, -0.05) is 250 Å². The average Bonchev–Trinajstić information content (AvgIpc) is 3.27. The summed E-state index contributed by atoms with van der Waals surface area (Å²) >= 11 is 0. The third-order valence-corrected chi connectivity index (χ3v) is 12.8. The molecule has 2 atom stereocenters. The van der Waals surface area contributed by atoms with E-state index in [4.69, 9.17) is 4.74 Å². The van der Waals surface area contributed by atoms with Crippen molar-refractivity contribution >= 4 is 11.9 Å². The van der Waals surface area contributed by atoms with E-state index >= 15 is 0 Å². The number of nitrogens with one attached hydrogen (secondary N) is 1. The summed E-state index contributed by atoms with van der Waals surface area (Å²) in [6.45, 7) is 4.91. The summed E-state index contributed by atoms with van der Waals surface area (Å²) in [6, 6.07) is -0.545. The van der Waals surface area contributed by atoms with Gasteiger partial charge in [0.25, 0.3) is 0 Å². The number of carbonyl (C=O) groups excluding carboxylic acids is 2. The van der Waals surface area contributed by atoms with E-state index in [1.807, 2.05) is 0 Å². The molecule has 0 aromatic heterocycles. The molecular formula is C56H107NO5. The Morgan fingerprint density at radius 3 is 1.26 bits per heavy atom. The zero-order valence-corrected chi connectivity index (χ0v) is 41.6. The normalized spacial score (nSPS) is 12.8. The molecule has 0 aromatic rings. The van der Waals surface area contributed by atoms with Crippen LogP contribution in [-0.2, 0) is 14.3 Å². The van der Waals surface area contributed by atoms with Gasteiger partial charge in [-0.05, 0) is 57.8 Å². The zero-order valence-electron chi connectivity index (χ0n) is 41.6. The molecule has 6 heteroatoms. The van der Waals surface area contributed by atoms with Crippen molar-refractivity contribution in [3.05, 3.63) is 24.3 Å². The van der Waals surface area contributed by atoms with Crippen molar-refractivity contribution in [2.45, 2.75) is 309 Å². The van der Waals surface area contributed by atoms with Crippen LogP contribution in [-0.4, -0.2) is 47.4 Å². The number of unbranched alkanes of at least 4 members (excludes halogenated alkanes) is 36. The number of allylic oxidation sites excluding steroid dienone is 4. The second-order valence-corrected chi connectivity index (χ2v) is 18.9. The number of rotatable bonds is 51. The zero-order chi connectivity index (χ0) is 45.1. The first-order valence-electron chi connectivity index (χ1n) is 27.6. The maximum absolute atomic E-state index is 12.4. The second kappa shape index (κ2) is 52.0. The molecule has 0 saturated carbocycles. The van der Waals surface area contributed by atoms with Crippen molar-refractivity contribution in [2.75, 3.05) is 13.2 Å². The van der Waals surface area contributed by atoms with Gasteiger partial charge in [-0.3, -0.25) is 9.59 Å². The molecule has 3 N–H and O–H groups in total. The third kappa shape index (κ3) is 47.8. The van der Waals surface area contributed by atoms with Gasteiger partial charge in [-0.15, -0.1) is 0 Å². The fourth-order valence-electron chi connectivity index (χ4n) is 8.49. The van der Waals surface area contributed by atoms with Gasteiger partial charge in [-0.25, -0.2) is 0 Å². The van der Waals surface area contributed by atoms with E-state index in [1.165, 1.54) is 212 Å². The lowest BCUT2D eigenvalue weighted by molar-refractivity contribution is -0.143. The first kappa shape index (κ1) is 60.3. The summed E-state index contributed by atoms with van der Waals surface area (Å²) in [6.07, 6.45) is 61.5. The largest absolute Gasteiger partial charge is 0.466 e. The Kier molecular flexibility index (Phi) is 50.6. The van der Waals surface area contributed by atoms with Crippen molar-refractivity contribution in [1.82, 2.24) is 5.32 Å². The van der Waals surface area contributed by atoms with Crippen molar-refractivity contribution in [1.29, 1.82) is 0 Å². The van der Waals surface area contributed by atoms with Crippen LogP contribution in [0.25, 0.3) is 0 Å². The first-order valence-corrected chi connectivity index (χ1v) is 27.6. The average molecular weight is 874 g/mol. The SMILES string of the molecule is CCCCC/C=C\C/C=C\CCCCCCCC(=O)OCCCCCCCCCCCCCCCCCCCC(=O)NC(CO)C(O)CCCCCCCCCCCCCCC. The van der Waals surface area contributed by atoms with E-state index in [-0.39, 0.29) is 18.5 Å². The summed E-state index contributed by atoms with van der Waals surface area (Å²) in [4.78, 5) is 24.5. The van der Waals surface area contributed by atoms with Gasteiger partial charge >= 0.3 is 5.97 Å². The van der Waals surface area contributed by atoms with Crippen LogP contribution in [0.4, 0.5) is 0 Å². The molecule has 0 rings (SSSR count). The number of amides is 1. The van der Waals surface area contributed by atoms with E-state index in [1.54, 1.807) is 0 Å². The highest BCUT2D eigenvalue weighted by molar-refractivity contribution is 5.76. The van der Waals surface area contributed by atoms with Crippen LogP contribution in [0.3, 0.4) is 0 Å². The van der Waals surface area contributed by atoms with Gasteiger partial charge in [0.15, 0.2) is 0 Å². The lowest BCUT2D eigenvalue weighted by atomic mass is 10.0. The minimum atomic E-state index is -0.667. The third-order valence-electron chi connectivity index (χ3n) is 12.8. The Morgan fingerprint density at radius 1 is 0.452 bits per heavy atom. The molecule has 0 radical (unpaired) electrons. The number of esters is 1. The Hall–Kier alpha value is -1.66. The minimum Gasteiger partial charge on any atom is -0.466 e. The molecule has 0 bridgehead atoms. The number of carbonyl (C=O) groups is 2. The lowest BCUT2D eigenvalue weighted by Gasteiger charge is -2.22. The van der Waals surface area contributed by atoms with Gasteiger partial charge in [0.05, 0.1) is 25.4 Å². The highest BCUT2D eigenvalue weighted by Gasteiger charge is 2.20. The molecule has 2 unspecified atom stereocenters. The standard InChI is InChI=1S/C56H107NO5/c1-3-5-7-9-11-13-15-17-21-26-30-34-38-42-46-50-56(61)62-51-47-43-39-35-31-27-23-20-18-19-22-25-29-33-37-41-45-49-55(60)57-53(52-58)54(59)48-44-40-36-32-28-24-16-14-12-10-8-6-4-2/h11,13,17,21,53-54,58-59H,3-10,12,14-16,18-20,22-52H2,1-2H3,(H,57,60)/b13-11-,21-17-. The maximum Gasteiger partial charge on any atom is 0.305 e. The lowest BCUT2D eigenvalue weighted by Crippen LogP contribution is -2.45. The Bertz CT molecular complexity index is 966. The molecule has 0 aliphatic rings.